The molecule has 0 unspecified atom stereocenters. The number of imide groups is 1. The third-order valence-corrected chi connectivity index (χ3v) is 12.2. The summed E-state index contributed by atoms with van der Waals surface area (Å²) in [6.45, 7) is 0. The molecule has 226 valence electrons. The van der Waals surface area contributed by atoms with Crippen LogP contribution in [-0.4, -0.2) is 64.4 Å². The lowest BCUT2D eigenvalue weighted by Crippen LogP contribution is -2.60. The molecular formula is C26H15Cl7FN3O6. The zero-order valence-electron chi connectivity index (χ0n) is 21.1. The molecule has 2 aromatic carbocycles. The van der Waals surface area contributed by atoms with Crippen molar-refractivity contribution < 1.29 is 28.5 Å². The fourth-order valence-electron chi connectivity index (χ4n) is 5.70. The smallest absolute Gasteiger partial charge is 0.273 e. The van der Waals surface area contributed by atoms with Crippen LogP contribution >= 0.6 is 81.2 Å². The molecule has 0 spiro atoms. The number of benzene rings is 2. The van der Waals surface area contributed by atoms with Gasteiger partial charge in [0.1, 0.15) is 21.6 Å². The highest BCUT2D eigenvalue weighted by atomic mass is 35.5. The lowest BCUT2D eigenvalue weighted by molar-refractivity contribution is -0.384. The van der Waals surface area contributed by atoms with Crippen LogP contribution in [0.5, 0.6) is 0 Å². The Kier molecular flexibility index (Phi) is 8.25. The zero-order chi connectivity index (χ0) is 31.8. The maximum absolute atomic E-state index is 14.2. The number of carbonyl (C=O) groups excluding carboxylic acids is 4. The molecule has 0 N–H and O–H groups in total. The lowest BCUT2D eigenvalue weighted by Gasteiger charge is -2.39. The number of fused-ring (bicyclic) bond motifs is 5. The van der Waals surface area contributed by atoms with Gasteiger partial charge in [0.05, 0.1) is 26.8 Å². The Balaban J connectivity index is 1.67. The third-order valence-electron chi connectivity index (χ3n) is 7.74. The molecule has 1 saturated carbocycles. The number of allylic oxidation sites excluding steroid dienone is 2. The second-order valence-electron chi connectivity index (χ2n) is 9.89. The number of amides is 3. The van der Waals surface area contributed by atoms with Crippen molar-refractivity contribution in [1.82, 2.24) is 10.0 Å². The SMILES string of the molecule is O=C(c1ccc(F)cc1)[C@H](CCCl)N(C(=O)c1ccc([N+](=O)[O-])cc1)N1C(=O)[C@@H]2[C@@H](C1=O)[C@@]1(Cl)C(Cl)=C(Cl)[C@@]2(Cl)C1(Cl)Cl. The molecule has 3 amide bonds. The van der Waals surface area contributed by atoms with E-state index < -0.39 is 66.2 Å². The van der Waals surface area contributed by atoms with E-state index in [9.17, 15) is 33.7 Å². The Hall–Kier alpha value is -2.18. The predicted octanol–water partition coefficient (Wildman–Crippen LogP) is 6.42. The molecule has 2 aromatic rings. The number of hydrogen-bond donors (Lipinski definition) is 0. The molecule has 1 aliphatic heterocycles. The molecule has 5 rings (SSSR count). The van der Waals surface area contributed by atoms with Gasteiger partial charge < -0.3 is 0 Å². The van der Waals surface area contributed by atoms with Crippen molar-refractivity contribution in [2.24, 2.45) is 11.8 Å². The van der Waals surface area contributed by atoms with Gasteiger partial charge in [-0.1, -0.05) is 46.4 Å². The average Bonchev–Trinajstić information content (AvgIpc) is 3.35. The molecular weight excluding hydrogens is 717 g/mol. The summed E-state index contributed by atoms with van der Waals surface area (Å²) < 4.78 is 11.4. The van der Waals surface area contributed by atoms with Crippen LogP contribution in [-0.2, 0) is 9.59 Å². The van der Waals surface area contributed by atoms with Crippen LogP contribution in [0, 0.1) is 27.8 Å². The summed E-state index contributed by atoms with van der Waals surface area (Å²) in [7, 11) is 0. The Labute approximate surface area is 277 Å². The molecule has 0 aromatic heterocycles. The van der Waals surface area contributed by atoms with Gasteiger partial charge >= 0.3 is 0 Å². The fraction of sp³-hybridized carbons (Fsp3) is 0.308. The second kappa shape index (κ2) is 11.0. The van der Waals surface area contributed by atoms with Crippen molar-refractivity contribution in [2.75, 3.05) is 5.88 Å². The van der Waals surface area contributed by atoms with Gasteiger partial charge in [-0.05, 0) is 42.8 Å². The van der Waals surface area contributed by atoms with E-state index in [-0.39, 0.29) is 39.2 Å². The molecule has 43 heavy (non-hydrogen) atoms. The number of halogens is 8. The number of nitro benzene ring substituents is 1. The van der Waals surface area contributed by atoms with E-state index >= 15 is 0 Å². The van der Waals surface area contributed by atoms with Gasteiger partial charge in [-0.25, -0.2) is 9.40 Å². The normalized spacial score (nSPS) is 27.9. The van der Waals surface area contributed by atoms with Crippen LogP contribution in [0.2, 0.25) is 0 Å². The third kappa shape index (κ3) is 4.32. The van der Waals surface area contributed by atoms with Gasteiger partial charge in [0.25, 0.3) is 23.4 Å². The van der Waals surface area contributed by atoms with Gasteiger partial charge in [0.15, 0.2) is 10.1 Å². The number of ketones is 1. The minimum atomic E-state index is -2.25. The minimum Gasteiger partial charge on any atom is -0.292 e. The van der Waals surface area contributed by atoms with Crippen molar-refractivity contribution in [3.05, 3.63) is 85.7 Å². The monoisotopic (exact) mass is 729 g/mol. The lowest BCUT2D eigenvalue weighted by atomic mass is 9.84. The number of alkyl halides is 5. The molecule has 2 aliphatic carbocycles. The van der Waals surface area contributed by atoms with Crippen LogP contribution in [0.3, 0.4) is 0 Å². The van der Waals surface area contributed by atoms with Crippen LogP contribution in [0.15, 0.2) is 58.6 Å². The van der Waals surface area contributed by atoms with E-state index in [4.69, 9.17) is 81.2 Å². The van der Waals surface area contributed by atoms with Crippen LogP contribution in [0.4, 0.5) is 10.1 Å². The molecule has 17 heteroatoms. The minimum absolute atomic E-state index is 0.0757. The predicted molar refractivity (Wildman–Crippen MR) is 158 cm³/mol. The molecule has 3 aliphatic rings. The summed E-state index contributed by atoms with van der Waals surface area (Å²) in [5, 5.41) is 11.4. The summed E-state index contributed by atoms with van der Waals surface area (Å²) in [4.78, 5) is 62.3. The van der Waals surface area contributed by atoms with Crippen molar-refractivity contribution in [1.29, 1.82) is 0 Å². The largest absolute Gasteiger partial charge is 0.292 e. The van der Waals surface area contributed by atoms with Gasteiger partial charge in [-0.15, -0.1) is 34.8 Å². The Morgan fingerprint density at radius 2 is 1.37 bits per heavy atom. The van der Waals surface area contributed by atoms with Gasteiger partial charge in [0.2, 0.25) is 0 Å². The first-order valence-corrected chi connectivity index (χ1v) is 15.0. The number of hydrazine groups is 1. The molecule has 1 heterocycles. The Bertz CT molecular complexity index is 1580. The van der Waals surface area contributed by atoms with Crippen LogP contribution in [0.1, 0.15) is 27.1 Å². The molecule has 9 nitrogen and oxygen atoms in total. The number of nitrogens with zero attached hydrogens (tertiary/aromatic N) is 3. The van der Waals surface area contributed by atoms with E-state index in [0.29, 0.717) is 10.0 Å². The molecule has 0 radical (unpaired) electrons. The molecule has 1 saturated heterocycles. The summed E-state index contributed by atoms with van der Waals surface area (Å²) in [6, 6.07) is 6.88. The fourth-order valence-corrected chi connectivity index (χ4v) is 8.83. The molecule has 2 bridgehead atoms. The van der Waals surface area contributed by atoms with Crippen molar-refractivity contribution >= 4 is 110 Å². The Morgan fingerprint density at radius 3 is 1.81 bits per heavy atom. The van der Waals surface area contributed by atoms with E-state index in [1.54, 1.807) is 0 Å². The van der Waals surface area contributed by atoms with E-state index in [1.165, 1.54) is 0 Å². The van der Waals surface area contributed by atoms with Crippen LogP contribution in [0.25, 0.3) is 0 Å². The number of nitro groups is 1. The highest BCUT2D eigenvalue weighted by molar-refractivity contribution is 6.66. The summed E-state index contributed by atoms with van der Waals surface area (Å²) in [5.74, 6) is -8.29. The summed E-state index contributed by atoms with van der Waals surface area (Å²) >= 11 is 45.5. The van der Waals surface area contributed by atoms with Gasteiger partial charge in [0, 0.05) is 29.1 Å². The highest BCUT2D eigenvalue weighted by Gasteiger charge is 2.88. The standard InChI is InChI=1S/C26H15Cl7FN3O6/c27-10-9-15(18(38)11-1-5-13(34)6-2-11)35(21(39)12-3-7-14(8-4-12)37(42)43)36-22(40)16-17(23(36)41)25(31)20(29)19(28)24(16,30)26(25,32)33/h1-8,15-17H,9-10H2/t15-,16-,17-,24+,25+/m0/s1. The highest BCUT2D eigenvalue weighted by Crippen LogP contribution is 2.77. The van der Waals surface area contributed by atoms with E-state index in [1.807, 2.05) is 0 Å². The van der Waals surface area contributed by atoms with E-state index in [0.717, 1.165) is 48.5 Å². The first-order chi connectivity index (χ1) is 20.1. The number of hydrogen-bond acceptors (Lipinski definition) is 6. The van der Waals surface area contributed by atoms with Crippen molar-refractivity contribution in [2.45, 2.75) is 26.5 Å². The number of carbonyl (C=O) groups is 4. The Morgan fingerprint density at radius 1 is 0.907 bits per heavy atom. The topological polar surface area (TPSA) is 118 Å². The average molecular weight is 733 g/mol. The number of non-ortho nitro benzene ring substituents is 1. The van der Waals surface area contributed by atoms with Crippen molar-refractivity contribution in [3.8, 4) is 0 Å². The number of rotatable bonds is 8. The maximum Gasteiger partial charge on any atom is 0.273 e. The maximum atomic E-state index is 14.2. The van der Waals surface area contributed by atoms with Crippen LogP contribution < -0.4 is 0 Å². The zero-order valence-corrected chi connectivity index (χ0v) is 26.4. The second-order valence-corrected chi connectivity index (χ2v) is 13.5. The summed E-state index contributed by atoms with van der Waals surface area (Å²) in [5.41, 5.74) is -0.670. The number of Topliss-reactive ketones (excluding diaryl/α,β-unsaturated/α-hetero) is 1. The molecule has 5 atom stereocenters. The van der Waals surface area contributed by atoms with Crippen molar-refractivity contribution in [3.63, 3.8) is 0 Å². The first-order valence-electron chi connectivity index (χ1n) is 12.2. The quantitative estimate of drug-likeness (QED) is 0.102. The van der Waals surface area contributed by atoms with Gasteiger partial charge in [-0.3, -0.25) is 29.3 Å². The molecule has 2 fully saturated rings. The van der Waals surface area contributed by atoms with E-state index in [2.05, 4.69) is 0 Å². The summed E-state index contributed by atoms with van der Waals surface area (Å²) in [6.07, 6.45) is -0.296. The van der Waals surface area contributed by atoms with Gasteiger partial charge in [-0.2, -0.15) is 5.01 Å². The first kappa shape index (κ1) is 32.2.